The molecule has 51 heavy (non-hydrogen) atoms. The van der Waals surface area contributed by atoms with Crippen LogP contribution >= 0.6 is 0 Å². The zero-order chi connectivity index (χ0) is 36.9. The van der Waals surface area contributed by atoms with Gasteiger partial charge in [-0.2, -0.15) is 0 Å². The summed E-state index contributed by atoms with van der Waals surface area (Å²) in [5, 5.41) is 12.8. The Morgan fingerprint density at radius 2 is 1.61 bits per heavy atom. The molecule has 290 valence electrons. The highest BCUT2D eigenvalue weighted by atomic mass is 16.6. The van der Waals surface area contributed by atoms with Gasteiger partial charge in [0.05, 0.1) is 24.9 Å². The van der Waals surface area contributed by atoms with Crippen LogP contribution in [0.2, 0.25) is 0 Å². The summed E-state index contributed by atoms with van der Waals surface area (Å²) in [4.78, 5) is 53.5. The van der Waals surface area contributed by atoms with Crippen LogP contribution in [0.25, 0.3) is 0 Å². The molecule has 1 spiro atoms. The number of Topliss-reactive ketones (excluding diaryl/α,β-unsaturated/α-hetero) is 1. The van der Waals surface area contributed by atoms with Gasteiger partial charge in [0.1, 0.15) is 18.3 Å². The number of allylic oxidation sites excluding steroid dienone is 1. The third-order valence-corrected chi connectivity index (χ3v) is 10.8. The van der Waals surface area contributed by atoms with Crippen LogP contribution in [-0.4, -0.2) is 77.0 Å². The van der Waals surface area contributed by atoms with Gasteiger partial charge in [0, 0.05) is 25.3 Å². The Morgan fingerprint density at radius 3 is 2.24 bits per heavy atom. The monoisotopic (exact) mass is 716 g/mol. The molecule has 2 N–H and O–H groups in total. The smallest absolute Gasteiger partial charge is 0.320 e. The van der Waals surface area contributed by atoms with Gasteiger partial charge in [0.15, 0.2) is 5.72 Å². The maximum absolute atomic E-state index is 13.8. The molecule has 3 heterocycles. The lowest BCUT2D eigenvalue weighted by atomic mass is 9.80. The molecule has 6 atom stereocenters. The molecule has 0 unspecified atom stereocenters. The number of aliphatic hydroxyl groups is 1. The van der Waals surface area contributed by atoms with Gasteiger partial charge in [-0.1, -0.05) is 102 Å². The summed E-state index contributed by atoms with van der Waals surface area (Å²) >= 11 is 0. The molecular weight excluding hydrogens is 648 g/mol. The third kappa shape index (κ3) is 14.7. The maximum atomic E-state index is 13.8. The Balaban J connectivity index is 1.34. The molecule has 3 fully saturated rings. The number of aliphatic hydroxyl groups excluding tert-OH is 1. The molecule has 0 radical (unpaired) electrons. The lowest BCUT2D eigenvalue weighted by molar-refractivity contribution is -0.204. The Labute approximate surface area is 307 Å². The second-order valence-electron chi connectivity index (χ2n) is 15.0. The zero-order valence-electron chi connectivity index (χ0n) is 31.8. The summed E-state index contributed by atoms with van der Waals surface area (Å²) in [7, 11) is 0. The fourth-order valence-electron chi connectivity index (χ4n) is 7.99. The van der Waals surface area contributed by atoms with Crippen molar-refractivity contribution in [2.75, 3.05) is 13.2 Å². The summed E-state index contributed by atoms with van der Waals surface area (Å²) < 4.78 is 17.3. The number of unbranched alkanes of at least 4 members (excludes halogenated alkanes) is 12. The number of carbonyl (C=O) groups excluding carboxylic acids is 4. The van der Waals surface area contributed by atoms with E-state index in [0.29, 0.717) is 58.2 Å². The van der Waals surface area contributed by atoms with Crippen LogP contribution in [-0.2, 0) is 28.6 Å². The summed E-state index contributed by atoms with van der Waals surface area (Å²) in [6.45, 7) is 8.10. The highest BCUT2D eigenvalue weighted by molar-refractivity contribution is 5.85. The van der Waals surface area contributed by atoms with E-state index >= 15 is 0 Å². The fraction of sp³-hybridized carbons (Fsp3) is 0.805. The van der Waals surface area contributed by atoms with E-state index in [1.807, 2.05) is 19.9 Å². The highest BCUT2D eigenvalue weighted by Gasteiger charge is 2.60. The molecule has 3 aliphatic heterocycles. The second-order valence-corrected chi connectivity index (χ2v) is 15.0. The molecule has 0 saturated carbocycles. The summed E-state index contributed by atoms with van der Waals surface area (Å²) in [5.41, 5.74) is -1.07. The predicted molar refractivity (Wildman–Crippen MR) is 199 cm³/mol. The van der Waals surface area contributed by atoms with Gasteiger partial charge in [-0.15, -0.1) is 0 Å². The molecule has 0 aromatic heterocycles. The van der Waals surface area contributed by atoms with Crippen molar-refractivity contribution in [2.45, 2.75) is 192 Å². The van der Waals surface area contributed by atoms with E-state index in [9.17, 15) is 24.3 Å². The van der Waals surface area contributed by atoms with Crippen molar-refractivity contribution in [2.24, 2.45) is 5.92 Å². The average molecular weight is 717 g/mol. The fourth-order valence-corrected chi connectivity index (χ4v) is 7.99. The van der Waals surface area contributed by atoms with Gasteiger partial charge >= 0.3 is 18.0 Å². The van der Waals surface area contributed by atoms with Crippen molar-refractivity contribution in [3.8, 4) is 0 Å². The third-order valence-electron chi connectivity index (χ3n) is 10.8. The van der Waals surface area contributed by atoms with Crippen molar-refractivity contribution in [1.82, 2.24) is 10.2 Å². The van der Waals surface area contributed by atoms with E-state index < -0.39 is 17.7 Å². The number of ketones is 1. The van der Waals surface area contributed by atoms with E-state index in [1.54, 1.807) is 17.1 Å². The summed E-state index contributed by atoms with van der Waals surface area (Å²) in [6, 6.07) is -0.861. The van der Waals surface area contributed by atoms with Crippen molar-refractivity contribution >= 4 is 23.8 Å². The zero-order valence-corrected chi connectivity index (χ0v) is 31.8. The molecule has 3 aliphatic rings. The molecule has 2 amide bonds. The van der Waals surface area contributed by atoms with E-state index in [2.05, 4.69) is 11.9 Å². The van der Waals surface area contributed by atoms with Crippen molar-refractivity contribution in [3.05, 3.63) is 24.8 Å². The molecule has 0 aliphatic carbocycles. The molecule has 3 saturated heterocycles. The molecule has 0 aromatic carbocycles. The van der Waals surface area contributed by atoms with Gasteiger partial charge in [0.2, 0.25) is 0 Å². The number of hydrogen-bond acceptors (Lipinski definition) is 8. The number of fused-ring (bicyclic) bond motifs is 1. The minimum atomic E-state index is -1.07. The number of esters is 2. The number of hydrogen-bond donors (Lipinski definition) is 2. The minimum Gasteiger partial charge on any atom is -0.465 e. The molecular formula is C41H68N2O8. The maximum Gasteiger partial charge on any atom is 0.320 e. The number of nitrogens with zero attached hydrogens (tertiary/aromatic N) is 1. The number of carbonyl (C=O) groups is 4. The van der Waals surface area contributed by atoms with Crippen LogP contribution in [0, 0.1) is 5.92 Å². The topological polar surface area (TPSA) is 131 Å². The van der Waals surface area contributed by atoms with Gasteiger partial charge in [-0.05, 0) is 64.7 Å². The average Bonchev–Trinajstić information content (AvgIpc) is 3.51. The normalized spacial score (nSPS) is 25.1. The minimum absolute atomic E-state index is 0.0737. The van der Waals surface area contributed by atoms with Gasteiger partial charge < -0.3 is 29.5 Å². The van der Waals surface area contributed by atoms with Crippen molar-refractivity contribution in [1.29, 1.82) is 0 Å². The number of urea groups is 1. The van der Waals surface area contributed by atoms with E-state index in [1.165, 1.54) is 51.4 Å². The van der Waals surface area contributed by atoms with E-state index in [4.69, 9.17) is 14.2 Å². The van der Waals surface area contributed by atoms with E-state index in [0.717, 1.165) is 44.9 Å². The Bertz CT molecular complexity index is 1110. The lowest BCUT2D eigenvalue weighted by Crippen LogP contribution is -2.72. The first-order chi connectivity index (χ1) is 24.7. The van der Waals surface area contributed by atoms with Gasteiger partial charge in [-0.25, -0.2) is 4.79 Å². The van der Waals surface area contributed by atoms with Crippen LogP contribution in [0.5, 0.6) is 0 Å². The number of amides is 2. The van der Waals surface area contributed by atoms with Crippen LogP contribution in [0.15, 0.2) is 24.8 Å². The SMILES string of the molecule is C=CCOC(=O)CCCCCCCCCCCCCCCOC(=O)[C@@H]1[C@H]2CC[C@@H](CC(=O)CC/C=C\[C@@H](O)CC)N2C(=O)N[C@@]12CCC[C@@H](C)O2. The Hall–Kier alpha value is -2.72. The molecule has 10 nitrogen and oxygen atoms in total. The van der Waals surface area contributed by atoms with Crippen molar-refractivity contribution < 1.29 is 38.5 Å². The van der Waals surface area contributed by atoms with Crippen molar-refractivity contribution in [3.63, 3.8) is 0 Å². The van der Waals surface area contributed by atoms with Gasteiger partial charge in [-0.3, -0.25) is 14.4 Å². The Kier molecular flexibility index (Phi) is 19.9. The lowest BCUT2D eigenvalue weighted by Gasteiger charge is -2.52. The first kappa shape index (κ1) is 42.7. The molecule has 10 heteroatoms. The molecule has 0 bridgehead atoms. The first-order valence-electron chi connectivity index (χ1n) is 20.3. The molecule has 3 rings (SSSR count). The second kappa shape index (κ2) is 23.8. The van der Waals surface area contributed by atoms with Crippen LogP contribution in [0.1, 0.15) is 162 Å². The largest absolute Gasteiger partial charge is 0.465 e. The van der Waals surface area contributed by atoms with Crippen LogP contribution < -0.4 is 5.32 Å². The number of rotatable bonds is 26. The summed E-state index contributed by atoms with van der Waals surface area (Å²) in [5.74, 6) is -0.995. The first-order valence-corrected chi connectivity index (χ1v) is 20.3. The standard InChI is InChI=1S/C41H68N2O8/c1-4-29-49-37(46)25-17-15-13-11-9-7-6-8-10-12-14-16-20-30-50-39(47)38-36-27-26-33(31-35(45)24-19-18-23-34(44)5-2)43(36)40(48)42-41(38)28-21-22-32(3)51-41/h4,18,23,32-34,36,38,44H,1,5-17,19-22,24-31H2,2-3H3,(H,42,48)/b23-18-/t32-,33+,34+,36-,38+,41-/m1/s1. The summed E-state index contributed by atoms with van der Waals surface area (Å²) in [6.07, 6.45) is 25.3. The van der Waals surface area contributed by atoms with E-state index in [-0.39, 0.29) is 48.4 Å². The van der Waals surface area contributed by atoms with Gasteiger partial charge in [0.25, 0.3) is 0 Å². The predicted octanol–water partition coefficient (Wildman–Crippen LogP) is 8.24. The highest BCUT2D eigenvalue weighted by Crippen LogP contribution is 2.45. The Morgan fingerprint density at radius 1 is 0.961 bits per heavy atom. The quantitative estimate of drug-likeness (QED) is 0.0520. The van der Waals surface area contributed by atoms with Crippen LogP contribution in [0.4, 0.5) is 4.79 Å². The van der Waals surface area contributed by atoms with Crippen LogP contribution in [0.3, 0.4) is 0 Å². The number of ether oxygens (including phenoxy) is 3. The number of nitrogens with one attached hydrogen (secondary N) is 1. The molecule has 0 aromatic rings.